The molecule has 1 saturated carbocycles. The highest BCUT2D eigenvalue weighted by Crippen LogP contribution is 2.47. The van der Waals surface area contributed by atoms with Gasteiger partial charge in [-0.05, 0) is 39.0 Å². The first-order chi connectivity index (χ1) is 13.1. The van der Waals surface area contributed by atoms with Crippen molar-refractivity contribution in [3.8, 4) is 0 Å². The zero-order valence-electron chi connectivity index (χ0n) is 16.9. The van der Waals surface area contributed by atoms with E-state index in [1.165, 1.54) is 25.1 Å². The zero-order chi connectivity index (χ0) is 18.9. The van der Waals surface area contributed by atoms with E-state index in [1.807, 2.05) is 11.8 Å². The number of hydrogen-bond acceptors (Lipinski definition) is 6. The summed E-state index contributed by atoms with van der Waals surface area (Å²) in [6, 6.07) is 0.669. The van der Waals surface area contributed by atoms with Crippen molar-refractivity contribution in [1.29, 1.82) is 0 Å². The van der Waals surface area contributed by atoms with Crippen molar-refractivity contribution in [2.45, 2.75) is 51.2 Å². The molecule has 1 aliphatic carbocycles. The fourth-order valence-electron chi connectivity index (χ4n) is 5.43. The van der Waals surface area contributed by atoms with E-state index >= 15 is 0 Å². The molecule has 2 saturated heterocycles. The van der Waals surface area contributed by atoms with Gasteiger partial charge in [-0.3, -0.25) is 9.89 Å². The molecule has 2 unspecified atom stereocenters. The predicted molar refractivity (Wildman–Crippen MR) is 104 cm³/mol. The Kier molecular flexibility index (Phi) is 5.60. The Bertz CT molecular complexity index is 568. The molecule has 0 aromatic heterocycles. The lowest BCUT2D eigenvalue weighted by molar-refractivity contribution is -0.00408. The van der Waals surface area contributed by atoms with Gasteiger partial charge < -0.3 is 19.3 Å². The van der Waals surface area contributed by atoms with Gasteiger partial charge in [0, 0.05) is 64.4 Å². The molecule has 3 fully saturated rings. The van der Waals surface area contributed by atoms with Gasteiger partial charge in [-0.1, -0.05) is 0 Å². The highest BCUT2D eigenvalue weighted by molar-refractivity contribution is 5.87. The molecule has 27 heavy (non-hydrogen) atoms. The van der Waals surface area contributed by atoms with Crippen LogP contribution >= 0.6 is 0 Å². The summed E-state index contributed by atoms with van der Waals surface area (Å²) in [5.74, 6) is 1.18. The number of amides is 1. The van der Waals surface area contributed by atoms with Crippen molar-refractivity contribution < 1.29 is 14.3 Å². The number of piperazine rings is 1. The molecular weight excluding hydrogens is 344 g/mol. The van der Waals surface area contributed by atoms with Crippen LogP contribution in [0.25, 0.3) is 0 Å². The van der Waals surface area contributed by atoms with Gasteiger partial charge >= 0.3 is 6.09 Å². The maximum Gasteiger partial charge on any atom is 0.409 e. The average molecular weight is 379 g/mol. The van der Waals surface area contributed by atoms with Gasteiger partial charge in [0.2, 0.25) is 0 Å². The Morgan fingerprint density at radius 1 is 1.22 bits per heavy atom. The van der Waals surface area contributed by atoms with Crippen molar-refractivity contribution in [1.82, 2.24) is 14.7 Å². The Morgan fingerprint density at radius 3 is 2.70 bits per heavy atom. The lowest BCUT2D eigenvalue weighted by atomic mass is 9.78. The number of methoxy groups -OCH3 is 1. The molecule has 0 bridgehead atoms. The molecule has 0 N–H and O–H groups in total. The van der Waals surface area contributed by atoms with E-state index < -0.39 is 0 Å². The van der Waals surface area contributed by atoms with E-state index in [0.717, 1.165) is 58.7 Å². The van der Waals surface area contributed by atoms with E-state index in [2.05, 4.69) is 9.80 Å². The summed E-state index contributed by atoms with van der Waals surface area (Å²) in [5.41, 5.74) is 0.350. The van der Waals surface area contributed by atoms with Crippen LogP contribution in [0, 0.1) is 5.41 Å². The first-order valence-corrected chi connectivity index (χ1v) is 10.6. The molecule has 0 radical (unpaired) electrons. The van der Waals surface area contributed by atoms with Crippen LogP contribution < -0.4 is 0 Å². The van der Waals surface area contributed by atoms with Gasteiger partial charge in [0.15, 0.2) is 0 Å². The topological polar surface area (TPSA) is 57.6 Å². The number of amidine groups is 1. The average Bonchev–Trinajstić information content (AvgIpc) is 3.13. The van der Waals surface area contributed by atoms with E-state index in [-0.39, 0.29) is 12.2 Å². The summed E-state index contributed by atoms with van der Waals surface area (Å²) < 4.78 is 10.8. The molecule has 152 valence electrons. The summed E-state index contributed by atoms with van der Waals surface area (Å²) in [6.45, 7) is 9.36. The first-order valence-electron chi connectivity index (χ1n) is 10.6. The number of rotatable bonds is 3. The SMILES string of the molecule is CCOC(=O)N1CC2(CCC(N3CCN(C4=NCCCC4OC)CC3)C2)C1. The third-order valence-corrected chi connectivity index (χ3v) is 6.88. The summed E-state index contributed by atoms with van der Waals surface area (Å²) in [6.07, 6.45) is 6.01. The standard InChI is InChI=1S/C20H34N4O3/c1-3-27-19(25)24-14-20(15-24)7-6-16(13-20)22-9-11-23(12-10-22)18-17(26-2)5-4-8-21-18/h16-17H,3-15H2,1-2H3. The van der Waals surface area contributed by atoms with Crippen molar-refractivity contribution in [2.75, 3.05) is 59.5 Å². The molecular formula is C20H34N4O3. The molecule has 3 heterocycles. The molecule has 0 aromatic carbocycles. The quantitative estimate of drug-likeness (QED) is 0.750. The largest absolute Gasteiger partial charge is 0.450 e. The summed E-state index contributed by atoms with van der Waals surface area (Å²) in [4.78, 5) is 23.6. The highest BCUT2D eigenvalue weighted by Gasteiger charge is 2.51. The maximum absolute atomic E-state index is 11.9. The predicted octanol–water partition coefficient (Wildman–Crippen LogP) is 1.82. The summed E-state index contributed by atoms with van der Waals surface area (Å²) >= 11 is 0. The monoisotopic (exact) mass is 378 g/mol. The minimum absolute atomic E-state index is 0.138. The first kappa shape index (κ1) is 19.0. The van der Waals surface area contributed by atoms with Crippen LogP contribution in [0.15, 0.2) is 4.99 Å². The lowest BCUT2D eigenvalue weighted by Gasteiger charge is -2.48. The fraction of sp³-hybridized carbons (Fsp3) is 0.900. The van der Waals surface area contributed by atoms with Crippen LogP contribution in [-0.2, 0) is 9.47 Å². The third kappa shape index (κ3) is 3.81. The number of likely N-dealkylation sites (tertiary alicyclic amines) is 1. The Hall–Kier alpha value is -1.34. The van der Waals surface area contributed by atoms with Crippen molar-refractivity contribution in [3.63, 3.8) is 0 Å². The van der Waals surface area contributed by atoms with Gasteiger partial charge in [0.05, 0.1) is 6.61 Å². The Balaban J connectivity index is 1.25. The van der Waals surface area contributed by atoms with Gasteiger partial charge in [-0.25, -0.2) is 4.79 Å². The number of ether oxygens (including phenoxy) is 2. The Labute approximate surface area is 162 Å². The fourth-order valence-corrected chi connectivity index (χ4v) is 5.43. The van der Waals surface area contributed by atoms with Gasteiger partial charge in [-0.2, -0.15) is 0 Å². The van der Waals surface area contributed by atoms with E-state index in [9.17, 15) is 4.79 Å². The molecule has 0 aromatic rings. The molecule has 2 atom stereocenters. The zero-order valence-corrected chi connectivity index (χ0v) is 16.9. The Morgan fingerprint density at radius 2 is 2.00 bits per heavy atom. The van der Waals surface area contributed by atoms with Gasteiger partial charge in [0.25, 0.3) is 0 Å². The van der Waals surface area contributed by atoms with Gasteiger partial charge in [0.1, 0.15) is 11.9 Å². The second-order valence-corrected chi connectivity index (χ2v) is 8.58. The van der Waals surface area contributed by atoms with Crippen LogP contribution in [-0.4, -0.2) is 98.3 Å². The van der Waals surface area contributed by atoms with E-state index in [4.69, 9.17) is 14.5 Å². The normalized spacial score (nSPS) is 31.0. The third-order valence-electron chi connectivity index (χ3n) is 6.88. The molecule has 1 spiro atoms. The number of carbonyl (C=O) groups is 1. The van der Waals surface area contributed by atoms with Crippen LogP contribution in [0.5, 0.6) is 0 Å². The number of hydrogen-bond donors (Lipinski definition) is 0. The van der Waals surface area contributed by atoms with Crippen LogP contribution in [0.4, 0.5) is 4.79 Å². The van der Waals surface area contributed by atoms with Crippen LogP contribution in [0.2, 0.25) is 0 Å². The van der Waals surface area contributed by atoms with Gasteiger partial charge in [-0.15, -0.1) is 0 Å². The number of carbonyl (C=O) groups excluding carboxylic acids is 1. The summed E-state index contributed by atoms with van der Waals surface area (Å²) in [5, 5.41) is 0. The van der Waals surface area contributed by atoms with E-state index in [0.29, 0.717) is 18.1 Å². The van der Waals surface area contributed by atoms with Crippen LogP contribution in [0.3, 0.4) is 0 Å². The van der Waals surface area contributed by atoms with Crippen molar-refractivity contribution >= 4 is 11.9 Å². The number of nitrogens with zero attached hydrogens (tertiary/aromatic N) is 4. The minimum Gasteiger partial charge on any atom is -0.450 e. The maximum atomic E-state index is 11.9. The molecule has 7 nitrogen and oxygen atoms in total. The molecule has 1 amide bonds. The second-order valence-electron chi connectivity index (χ2n) is 8.58. The van der Waals surface area contributed by atoms with E-state index in [1.54, 1.807) is 7.11 Å². The summed E-state index contributed by atoms with van der Waals surface area (Å²) in [7, 11) is 1.80. The second kappa shape index (κ2) is 7.95. The van der Waals surface area contributed by atoms with Crippen molar-refractivity contribution in [3.05, 3.63) is 0 Å². The molecule has 4 aliphatic rings. The molecule has 4 rings (SSSR count). The van der Waals surface area contributed by atoms with Crippen LogP contribution in [0.1, 0.15) is 39.0 Å². The van der Waals surface area contributed by atoms with Crippen molar-refractivity contribution in [2.24, 2.45) is 10.4 Å². The lowest BCUT2D eigenvalue weighted by Crippen LogP contribution is -2.58. The molecule has 3 aliphatic heterocycles. The minimum atomic E-state index is -0.138. The highest BCUT2D eigenvalue weighted by atomic mass is 16.6. The molecule has 7 heteroatoms. The number of aliphatic imine (C=N–C) groups is 1. The smallest absolute Gasteiger partial charge is 0.409 e.